The number of carbonyl (C=O) groups excluding carboxylic acids is 2. The van der Waals surface area contributed by atoms with Gasteiger partial charge in [-0.2, -0.15) is 0 Å². The zero-order valence-corrected chi connectivity index (χ0v) is 45.0. The maximum atomic E-state index is 12.3. The highest BCUT2D eigenvalue weighted by Crippen LogP contribution is 2.16. The highest BCUT2D eigenvalue weighted by atomic mass is 16.6. The monoisotopic (exact) mass is 965 g/mol. The minimum absolute atomic E-state index is 0.126. The molecule has 0 aromatic heterocycles. The largest absolute Gasteiger partial charge is 0.461 e. The number of ether oxygens (including phenoxy) is 2. The molecule has 0 amide bonds. The number of esters is 2. The quantitative estimate of drug-likeness (QED) is 0.0374. The Hall–Kier alpha value is -4.22. The molecule has 0 aliphatic heterocycles. The van der Waals surface area contributed by atoms with Gasteiger partial charge in [0.2, 0.25) is 0 Å². The van der Waals surface area contributed by atoms with Crippen molar-refractivity contribution in [2.75, 3.05) is 13.2 Å². The molecular weight excluding hydrogens is 861 g/mol. The van der Waals surface area contributed by atoms with Crippen LogP contribution in [0, 0.1) is 0 Å². The number of hydrogen-bond donors (Lipinski definition) is 1. The summed E-state index contributed by atoms with van der Waals surface area (Å²) in [5.74, 6) is -0.742. The molecule has 0 saturated carbocycles. The molecule has 0 aromatic carbocycles. The lowest BCUT2D eigenvalue weighted by Gasteiger charge is -2.15. The summed E-state index contributed by atoms with van der Waals surface area (Å²) in [4.78, 5) is 24.4. The summed E-state index contributed by atoms with van der Waals surface area (Å²) < 4.78 is 10.6. The summed E-state index contributed by atoms with van der Waals surface area (Å²) in [6.07, 6.45) is 90.0. The molecular formula is C65H104O5. The van der Waals surface area contributed by atoms with E-state index in [1.54, 1.807) is 6.08 Å². The molecule has 0 fully saturated rings. The molecule has 0 bridgehead atoms. The van der Waals surface area contributed by atoms with Gasteiger partial charge in [-0.25, -0.2) is 0 Å². The number of allylic oxidation sites excluding steroid dienone is 23. The summed E-state index contributed by atoms with van der Waals surface area (Å²) in [5.41, 5.74) is 0. The molecule has 0 radical (unpaired) electrons. The molecule has 0 heterocycles. The van der Waals surface area contributed by atoms with E-state index in [9.17, 15) is 14.7 Å². The zero-order valence-electron chi connectivity index (χ0n) is 45.0. The molecule has 5 heteroatoms. The molecule has 0 aliphatic rings. The van der Waals surface area contributed by atoms with Crippen molar-refractivity contribution in [3.63, 3.8) is 0 Å². The van der Waals surface area contributed by atoms with Crippen LogP contribution in [0.15, 0.2) is 146 Å². The summed E-state index contributed by atoms with van der Waals surface area (Å²) in [5, 5.41) is 9.61. The molecule has 1 atom stereocenters. The van der Waals surface area contributed by atoms with Crippen LogP contribution in [-0.2, 0) is 19.1 Å². The summed E-state index contributed by atoms with van der Waals surface area (Å²) in [7, 11) is 0. The van der Waals surface area contributed by atoms with Gasteiger partial charge in [-0.05, 0) is 96.3 Å². The van der Waals surface area contributed by atoms with E-state index in [1.807, 2.05) is 6.08 Å². The summed E-state index contributed by atoms with van der Waals surface area (Å²) in [6.45, 7) is 3.82. The van der Waals surface area contributed by atoms with Gasteiger partial charge in [0.05, 0.1) is 13.0 Å². The third-order valence-corrected chi connectivity index (χ3v) is 11.7. The van der Waals surface area contributed by atoms with Crippen molar-refractivity contribution >= 4 is 11.9 Å². The van der Waals surface area contributed by atoms with Gasteiger partial charge >= 0.3 is 11.9 Å². The molecule has 394 valence electrons. The lowest BCUT2D eigenvalue weighted by atomic mass is 10.0. The van der Waals surface area contributed by atoms with Crippen LogP contribution in [0.3, 0.4) is 0 Å². The molecule has 0 aromatic rings. The van der Waals surface area contributed by atoms with Crippen LogP contribution in [0.1, 0.15) is 232 Å². The third-order valence-electron chi connectivity index (χ3n) is 11.7. The van der Waals surface area contributed by atoms with Gasteiger partial charge in [-0.15, -0.1) is 0 Å². The molecule has 0 aliphatic carbocycles. The topological polar surface area (TPSA) is 72.8 Å². The third kappa shape index (κ3) is 56.4. The van der Waals surface area contributed by atoms with Crippen LogP contribution >= 0.6 is 0 Å². The van der Waals surface area contributed by atoms with E-state index in [0.29, 0.717) is 6.42 Å². The van der Waals surface area contributed by atoms with Gasteiger partial charge in [0.25, 0.3) is 0 Å². The Kier molecular flexibility index (Phi) is 55.5. The number of aliphatic hydroxyl groups excluding tert-OH is 1. The van der Waals surface area contributed by atoms with Crippen LogP contribution in [0.25, 0.3) is 0 Å². The number of unbranched alkanes of at least 4 members (excludes halogenated alkanes) is 19. The Morgan fingerprint density at radius 2 is 0.614 bits per heavy atom. The average molecular weight is 966 g/mol. The van der Waals surface area contributed by atoms with Crippen molar-refractivity contribution in [3.05, 3.63) is 146 Å². The van der Waals surface area contributed by atoms with Gasteiger partial charge in [0.15, 0.2) is 6.10 Å². The SMILES string of the molecule is CC/C=C\C/C=C\C/C=C\C/C=C\C/C=C\C/C=C\C/C=C\CCCCCCCCCCCCCCCCCCCCCC(=O)OC(CO)COC(=O)C/C=C\C/C=C\C/C=C\C/C=C\C/C=C\CC. The Bertz CT molecular complexity index is 1510. The first-order chi connectivity index (χ1) is 34.6. The predicted molar refractivity (Wildman–Crippen MR) is 306 cm³/mol. The fourth-order valence-corrected chi connectivity index (χ4v) is 7.49. The highest BCUT2D eigenvalue weighted by Gasteiger charge is 2.15. The normalized spacial score (nSPS) is 13.4. The number of aliphatic hydroxyl groups is 1. The van der Waals surface area contributed by atoms with Gasteiger partial charge in [0, 0.05) is 6.42 Å². The number of carbonyl (C=O) groups is 2. The lowest BCUT2D eigenvalue weighted by molar-refractivity contribution is -0.161. The van der Waals surface area contributed by atoms with Crippen LogP contribution in [0.2, 0.25) is 0 Å². The maximum Gasteiger partial charge on any atom is 0.309 e. The number of rotatable bonds is 50. The van der Waals surface area contributed by atoms with Crippen molar-refractivity contribution in [1.82, 2.24) is 0 Å². The molecule has 0 saturated heterocycles. The van der Waals surface area contributed by atoms with E-state index in [2.05, 4.69) is 148 Å². The summed E-state index contributed by atoms with van der Waals surface area (Å²) in [6, 6.07) is 0. The first-order valence-electron chi connectivity index (χ1n) is 28.4. The Morgan fingerprint density at radius 3 is 0.929 bits per heavy atom. The van der Waals surface area contributed by atoms with E-state index < -0.39 is 12.1 Å². The molecule has 5 nitrogen and oxygen atoms in total. The van der Waals surface area contributed by atoms with Gasteiger partial charge in [-0.3, -0.25) is 9.59 Å². The lowest BCUT2D eigenvalue weighted by Crippen LogP contribution is -2.28. The predicted octanol–water partition coefficient (Wildman–Crippen LogP) is 19.4. The molecule has 0 spiro atoms. The van der Waals surface area contributed by atoms with Gasteiger partial charge in [0.1, 0.15) is 6.61 Å². The smallest absolute Gasteiger partial charge is 0.309 e. The molecule has 70 heavy (non-hydrogen) atoms. The van der Waals surface area contributed by atoms with Crippen LogP contribution in [0.5, 0.6) is 0 Å². The highest BCUT2D eigenvalue weighted by molar-refractivity contribution is 5.71. The van der Waals surface area contributed by atoms with Crippen molar-refractivity contribution in [2.24, 2.45) is 0 Å². The number of hydrogen-bond acceptors (Lipinski definition) is 5. The van der Waals surface area contributed by atoms with Gasteiger partial charge < -0.3 is 14.6 Å². The molecule has 1 N–H and O–H groups in total. The molecule has 0 rings (SSSR count). The van der Waals surface area contributed by atoms with Crippen molar-refractivity contribution in [3.8, 4) is 0 Å². The molecule has 1 unspecified atom stereocenters. The fourth-order valence-electron chi connectivity index (χ4n) is 7.49. The second-order valence-electron chi connectivity index (χ2n) is 18.3. The van der Waals surface area contributed by atoms with Crippen LogP contribution < -0.4 is 0 Å². The Balaban J connectivity index is 3.52. The summed E-state index contributed by atoms with van der Waals surface area (Å²) >= 11 is 0. The minimum atomic E-state index is -0.819. The van der Waals surface area contributed by atoms with Crippen LogP contribution in [0.4, 0.5) is 0 Å². The maximum absolute atomic E-state index is 12.3. The van der Waals surface area contributed by atoms with E-state index >= 15 is 0 Å². The second-order valence-corrected chi connectivity index (χ2v) is 18.3. The Morgan fingerprint density at radius 1 is 0.343 bits per heavy atom. The zero-order chi connectivity index (χ0) is 50.6. The van der Waals surface area contributed by atoms with E-state index in [1.165, 1.54) is 109 Å². The second kappa shape index (κ2) is 59.1. The van der Waals surface area contributed by atoms with Crippen LogP contribution in [-0.4, -0.2) is 36.4 Å². The first-order valence-corrected chi connectivity index (χ1v) is 28.4. The van der Waals surface area contributed by atoms with Crippen molar-refractivity contribution in [1.29, 1.82) is 0 Å². The van der Waals surface area contributed by atoms with E-state index in [0.717, 1.165) is 96.3 Å². The minimum Gasteiger partial charge on any atom is -0.461 e. The van der Waals surface area contributed by atoms with Crippen molar-refractivity contribution in [2.45, 2.75) is 238 Å². The Labute approximate surface area is 431 Å². The van der Waals surface area contributed by atoms with Gasteiger partial charge in [-0.1, -0.05) is 269 Å². The van der Waals surface area contributed by atoms with E-state index in [-0.39, 0.29) is 25.6 Å². The van der Waals surface area contributed by atoms with E-state index in [4.69, 9.17) is 9.47 Å². The van der Waals surface area contributed by atoms with Crippen molar-refractivity contribution < 1.29 is 24.2 Å². The first kappa shape index (κ1) is 65.8. The fraction of sp³-hybridized carbons (Fsp3) is 0.600. The standard InChI is InChI=1S/C65H104O5/c1-3-5-7-9-11-13-15-17-19-20-21-22-23-24-25-26-27-28-29-30-31-32-33-34-35-36-37-38-39-40-41-42-43-44-46-48-50-52-54-56-58-60-65(68)70-63(61-66)62-69-64(67)59-57-55-53-51-49-47-45-18-16-14-12-10-8-6-4-2/h5-8,11-14,17-19,21-22,24-25,27-28,30-31,45,49,51,55,57,63,66H,3-4,9-10,15-16,20,23,26,29,32-44,46-48,50,52-54,56,58-62H2,1-2H3/b7-5-,8-6-,13-11-,14-12-,19-17-,22-21-,25-24-,28-27-,31-30-,45-18-,51-49-,57-55-. The average Bonchev–Trinajstić information content (AvgIpc) is 3.36.